The summed E-state index contributed by atoms with van der Waals surface area (Å²) in [6, 6.07) is 14.0. The van der Waals surface area contributed by atoms with Crippen LogP contribution in [0.3, 0.4) is 0 Å². The first-order valence-electron chi connectivity index (χ1n) is 9.05. The monoisotopic (exact) mass is 405 g/mol. The molecule has 0 aliphatic rings. The molecule has 0 atom stereocenters. The highest BCUT2D eigenvalue weighted by Gasteiger charge is 2.19. The summed E-state index contributed by atoms with van der Waals surface area (Å²) in [6.07, 6.45) is 0. The molecule has 30 heavy (non-hydrogen) atoms. The van der Waals surface area contributed by atoms with E-state index in [-0.39, 0.29) is 5.56 Å². The summed E-state index contributed by atoms with van der Waals surface area (Å²) < 4.78 is 15.9. The minimum absolute atomic E-state index is 0.0622. The van der Waals surface area contributed by atoms with Gasteiger partial charge in [-0.25, -0.2) is 14.8 Å². The minimum Gasteiger partial charge on any atom is -0.497 e. The van der Waals surface area contributed by atoms with Gasteiger partial charge in [0.15, 0.2) is 5.65 Å². The fourth-order valence-corrected chi connectivity index (χ4v) is 3.19. The highest BCUT2D eigenvalue weighted by Crippen LogP contribution is 2.34. The van der Waals surface area contributed by atoms with Crippen molar-refractivity contribution in [2.24, 2.45) is 0 Å². The Balaban J connectivity index is 1.90. The Hall–Kier alpha value is -4.07. The summed E-state index contributed by atoms with van der Waals surface area (Å²) in [6.45, 7) is 0. The van der Waals surface area contributed by atoms with E-state index in [2.05, 4.69) is 15.0 Å². The Morgan fingerprint density at radius 1 is 0.900 bits per heavy atom. The molecule has 2 aromatic carbocycles. The number of benzene rings is 2. The number of rotatable bonds is 6. The molecule has 0 saturated carbocycles. The van der Waals surface area contributed by atoms with Gasteiger partial charge in [-0.05, 0) is 48.5 Å². The van der Waals surface area contributed by atoms with Crippen LogP contribution in [0.4, 0.5) is 0 Å². The SMILES string of the molecule is COc1ccc(-c2nc3nc(-c4cc(OC)ccc4OC)cc(C(=O)O)c3[nH]2)cc1. The van der Waals surface area contributed by atoms with E-state index in [9.17, 15) is 9.90 Å². The number of carboxylic acids is 1. The predicted octanol–water partition coefficient (Wildman–Crippen LogP) is 4.02. The van der Waals surface area contributed by atoms with Crippen LogP contribution in [0.2, 0.25) is 0 Å². The zero-order chi connectivity index (χ0) is 21.3. The first-order valence-corrected chi connectivity index (χ1v) is 9.05. The molecule has 152 valence electrons. The average Bonchev–Trinajstić information content (AvgIpc) is 3.22. The van der Waals surface area contributed by atoms with Gasteiger partial charge in [0.25, 0.3) is 0 Å². The largest absolute Gasteiger partial charge is 0.497 e. The quantitative estimate of drug-likeness (QED) is 0.499. The Morgan fingerprint density at radius 3 is 2.23 bits per heavy atom. The van der Waals surface area contributed by atoms with Crippen molar-refractivity contribution in [3.05, 3.63) is 54.1 Å². The van der Waals surface area contributed by atoms with Gasteiger partial charge in [-0.2, -0.15) is 0 Å². The molecule has 0 saturated heterocycles. The fraction of sp³-hybridized carbons (Fsp3) is 0.136. The van der Waals surface area contributed by atoms with Crippen molar-refractivity contribution in [1.29, 1.82) is 0 Å². The maximum absolute atomic E-state index is 12.0. The maximum Gasteiger partial charge on any atom is 0.338 e. The van der Waals surface area contributed by atoms with Crippen LogP contribution in [-0.4, -0.2) is 47.4 Å². The van der Waals surface area contributed by atoms with Crippen LogP contribution in [0.15, 0.2) is 48.5 Å². The van der Waals surface area contributed by atoms with Gasteiger partial charge < -0.3 is 24.3 Å². The number of ether oxygens (including phenoxy) is 3. The van der Waals surface area contributed by atoms with Gasteiger partial charge in [0.05, 0.1) is 38.1 Å². The van der Waals surface area contributed by atoms with Crippen LogP contribution in [0.1, 0.15) is 10.4 Å². The third kappa shape index (κ3) is 3.39. The van der Waals surface area contributed by atoms with Crippen LogP contribution >= 0.6 is 0 Å². The summed E-state index contributed by atoms with van der Waals surface area (Å²) in [5, 5.41) is 9.78. The second kappa shape index (κ2) is 7.75. The number of aromatic amines is 1. The van der Waals surface area contributed by atoms with E-state index in [1.165, 1.54) is 13.2 Å². The number of carbonyl (C=O) groups is 1. The number of aromatic nitrogens is 3. The second-order valence-electron chi connectivity index (χ2n) is 6.44. The number of H-pyrrole nitrogens is 1. The van der Waals surface area contributed by atoms with Crippen LogP contribution in [0.5, 0.6) is 17.2 Å². The molecular weight excluding hydrogens is 386 g/mol. The van der Waals surface area contributed by atoms with Crippen LogP contribution in [0, 0.1) is 0 Å². The molecule has 4 aromatic rings. The number of hydrogen-bond acceptors (Lipinski definition) is 6. The number of methoxy groups -OCH3 is 3. The van der Waals surface area contributed by atoms with E-state index >= 15 is 0 Å². The standard InChI is InChI=1S/C22H19N3O5/c1-28-13-6-4-12(5-7-13)20-24-19-16(22(26)27)11-17(23-21(19)25-20)15-10-14(29-2)8-9-18(15)30-3/h4-11H,1-3H3,(H,26,27)(H,23,24,25). The number of hydrogen-bond donors (Lipinski definition) is 2. The molecule has 0 spiro atoms. The number of pyridine rings is 1. The zero-order valence-electron chi connectivity index (χ0n) is 16.6. The van der Waals surface area contributed by atoms with Crippen molar-refractivity contribution < 1.29 is 24.1 Å². The Bertz CT molecular complexity index is 1230. The molecule has 0 radical (unpaired) electrons. The third-order valence-corrected chi connectivity index (χ3v) is 4.74. The van der Waals surface area contributed by atoms with Crippen molar-refractivity contribution in [3.8, 4) is 39.9 Å². The lowest BCUT2D eigenvalue weighted by Crippen LogP contribution is -2.01. The molecule has 2 heterocycles. The Morgan fingerprint density at radius 2 is 1.60 bits per heavy atom. The molecule has 0 unspecified atom stereocenters. The summed E-state index contributed by atoms with van der Waals surface area (Å²) in [5.74, 6) is 1.29. The van der Waals surface area contributed by atoms with Crippen LogP contribution in [-0.2, 0) is 0 Å². The lowest BCUT2D eigenvalue weighted by molar-refractivity contribution is 0.0699. The van der Waals surface area contributed by atoms with Crippen molar-refractivity contribution in [2.45, 2.75) is 0 Å². The van der Waals surface area contributed by atoms with Gasteiger partial charge in [0.2, 0.25) is 0 Å². The van der Waals surface area contributed by atoms with Crippen molar-refractivity contribution >= 4 is 17.1 Å². The molecule has 0 bridgehead atoms. The first-order chi connectivity index (χ1) is 14.5. The third-order valence-electron chi connectivity index (χ3n) is 4.74. The molecule has 2 aromatic heterocycles. The molecular formula is C22H19N3O5. The highest BCUT2D eigenvalue weighted by molar-refractivity contribution is 6.02. The van der Waals surface area contributed by atoms with Crippen molar-refractivity contribution in [2.75, 3.05) is 21.3 Å². The number of aromatic carboxylic acids is 1. The van der Waals surface area contributed by atoms with Crippen LogP contribution < -0.4 is 14.2 Å². The number of nitrogens with zero attached hydrogens (tertiary/aromatic N) is 2. The summed E-state index contributed by atoms with van der Waals surface area (Å²) in [5.41, 5.74) is 2.51. The average molecular weight is 405 g/mol. The lowest BCUT2D eigenvalue weighted by Gasteiger charge is -2.10. The van der Waals surface area contributed by atoms with E-state index < -0.39 is 5.97 Å². The molecule has 0 aliphatic carbocycles. The molecule has 0 amide bonds. The molecule has 8 heteroatoms. The molecule has 2 N–H and O–H groups in total. The predicted molar refractivity (Wildman–Crippen MR) is 111 cm³/mol. The maximum atomic E-state index is 12.0. The number of nitrogens with one attached hydrogen (secondary N) is 1. The van der Waals surface area contributed by atoms with Crippen molar-refractivity contribution in [3.63, 3.8) is 0 Å². The highest BCUT2D eigenvalue weighted by atomic mass is 16.5. The normalized spacial score (nSPS) is 10.8. The van der Waals surface area contributed by atoms with E-state index in [4.69, 9.17) is 14.2 Å². The van der Waals surface area contributed by atoms with Gasteiger partial charge in [0, 0.05) is 11.1 Å². The Kier molecular flexibility index (Phi) is 4.97. The van der Waals surface area contributed by atoms with Crippen molar-refractivity contribution in [1.82, 2.24) is 15.0 Å². The van der Waals surface area contributed by atoms with Gasteiger partial charge in [-0.1, -0.05) is 0 Å². The minimum atomic E-state index is -1.09. The van der Waals surface area contributed by atoms with E-state index in [1.807, 2.05) is 12.1 Å². The lowest BCUT2D eigenvalue weighted by atomic mass is 10.1. The van der Waals surface area contributed by atoms with Gasteiger partial charge in [-0.15, -0.1) is 0 Å². The summed E-state index contributed by atoms with van der Waals surface area (Å²) >= 11 is 0. The number of fused-ring (bicyclic) bond motifs is 1. The zero-order valence-corrected chi connectivity index (χ0v) is 16.6. The Labute approximate surface area is 172 Å². The summed E-state index contributed by atoms with van der Waals surface area (Å²) in [7, 11) is 4.69. The van der Waals surface area contributed by atoms with E-state index in [0.29, 0.717) is 45.5 Å². The molecule has 0 aliphatic heterocycles. The number of carboxylic acid groups (broad SMARTS) is 1. The molecule has 4 rings (SSSR count). The first kappa shape index (κ1) is 19.3. The number of imidazole rings is 1. The smallest absolute Gasteiger partial charge is 0.338 e. The van der Waals surface area contributed by atoms with Crippen LogP contribution in [0.25, 0.3) is 33.8 Å². The topological polar surface area (TPSA) is 107 Å². The molecule has 8 nitrogen and oxygen atoms in total. The van der Waals surface area contributed by atoms with E-state index in [1.54, 1.807) is 44.6 Å². The molecule has 0 fully saturated rings. The van der Waals surface area contributed by atoms with Gasteiger partial charge in [-0.3, -0.25) is 0 Å². The van der Waals surface area contributed by atoms with E-state index in [0.717, 1.165) is 5.56 Å². The second-order valence-corrected chi connectivity index (χ2v) is 6.44. The van der Waals surface area contributed by atoms with Gasteiger partial charge in [0.1, 0.15) is 23.1 Å². The summed E-state index contributed by atoms with van der Waals surface area (Å²) in [4.78, 5) is 24.1. The fourth-order valence-electron chi connectivity index (χ4n) is 3.19. The van der Waals surface area contributed by atoms with Gasteiger partial charge >= 0.3 is 5.97 Å².